The van der Waals surface area contributed by atoms with Crippen molar-refractivity contribution in [2.45, 2.75) is 32.2 Å². The van der Waals surface area contributed by atoms with Gasteiger partial charge in [-0.1, -0.05) is 6.92 Å². The summed E-state index contributed by atoms with van der Waals surface area (Å²) in [6.07, 6.45) is 2.17. The number of nitrogens with two attached hydrogens (primary N) is 2. The molecule has 0 amide bonds. The minimum absolute atomic E-state index is 0.236. The van der Waals surface area contributed by atoms with Crippen LogP contribution < -0.4 is 11.6 Å². The van der Waals surface area contributed by atoms with E-state index in [0.717, 1.165) is 12.8 Å². The molecule has 0 spiro atoms. The Kier molecular flexibility index (Phi) is 3.49. The third-order valence-corrected chi connectivity index (χ3v) is 2.50. The van der Waals surface area contributed by atoms with E-state index in [1.165, 1.54) is 5.01 Å². The van der Waals surface area contributed by atoms with Crippen molar-refractivity contribution in [3.05, 3.63) is 11.3 Å². The van der Waals surface area contributed by atoms with Crippen molar-refractivity contribution in [3.8, 4) is 0 Å². The molecule has 1 atom stereocenters. The van der Waals surface area contributed by atoms with E-state index in [-0.39, 0.29) is 6.04 Å². The highest BCUT2D eigenvalue weighted by Crippen LogP contribution is 2.21. The van der Waals surface area contributed by atoms with Crippen molar-refractivity contribution in [3.63, 3.8) is 0 Å². The molecule has 5 heteroatoms. The van der Waals surface area contributed by atoms with Crippen LogP contribution in [0.1, 0.15) is 26.2 Å². The van der Waals surface area contributed by atoms with Gasteiger partial charge in [0.25, 0.3) is 0 Å². The number of hydrogen-bond acceptors (Lipinski definition) is 4. The summed E-state index contributed by atoms with van der Waals surface area (Å²) >= 11 is 0. The molecule has 1 aliphatic rings. The molecule has 0 aromatic carbocycles. The number of rotatable bonds is 2. The minimum Gasteiger partial charge on any atom is -0.478 e. The maximum Gasteiger partial charge on any atom is 0.333 e. The number of carbonyl (C=O) groups is 1. The van der Waals surface area contributed by atoms with Crippen LogP contribution in [-0.4, -0.2) is 28.7 Å². The first kappa shape index (κ1) is 11.0. The van der Waals surface area contributed by atoms with E-state index in [4.69, 9.17) is 16.7 Å². The molecule has 0 aromatic heterocycles. The van der Waals surface area contributed by atoms with E-state index in [1.807, 2.05) is 0 Å². The molecule has 80 valence electrons. The van der Waals surface area contributed by atoms with Crippen molar-refractivity contribution < 1.29 is 9.90 Å². The molecule has 1 rings (SSSR count). The average Bonchev–Trinajstić information content (AvgIpc) is 2.10. The van der Waals surface area contributed by atoms with Crippen LogP contribution in [0, 0.1) is 0 Å². The molecular weight excluding hydrogens is 182 g/mol. The van der Waals surface area contributed by atoms with Crippen LogP contribution >= 0.6 is 0 Å². The van der Waals surface area contributed by atoms with Gasteiger partial charge in [-0.3, -0.25) is 0 Å². The van der Waals surface area contributed by atoms with Crippen LogP contribution in [0.4, 0.5) is 0 Å². The Morgan fingerprint density at radius 3 is 2.79 bits per heavy atom. The Bertz CT molecular complexity index is 251. The summed E-state index contributed by atoms with van der Waals surface area (Å²) in [6.45, 7) is 2.48. The fraction of sp³-hybridized carbons (Fsp3) is 0.667. The molecule has 0 bridgehead atoms. The predicted octanol–water partition coefficient (Wildman–Crippen LogP) is 0.0319. The van der Waals surface area contributed by atoms with Crippen LogP contribution in [0.2, 0.25) is 0 Å². The summed E-state index contributed by atoms with van der Waals surface area (Å²) in [6, 6.07) is -0.236. The second-order valence-electron chi connectivity index (χ2n) is 3.46. The Hall–Kier alpha value is -1.07. The zero-order valence-corrected chi connectivity index (χ0v) is 8.36. The van der Waals surface area contributed by atoms with E-state index < -0.39 is 5.97 Å². The molecule has 5 N–H and O–H groups in total. The van der Waals surface area contributed by atoms with Gasteiger partial charge >= 0.3 is 5.97 Å². The summed E-state index contributed by atoms with van der Waals surface area (Å²) in [4.78, 5) is 10.9. The highest BCUT2D eigenvalue weighted by atomic mass is 16.4. The van der Waals surface area contributed by atoms with Crippen molar-refractivity contribution in [2.24, 2.45) is 11.6 Å². The van der Waals surface area contributed by atoms with Crippen LogP contribution in [0.25, 0.3) is 0 Å². The Morgan fingerprint density at radius 2 is 2.36 bits per heavy atom. The van der Waals surface area contributed by atoms with Crippen LogP contribution in [0.15, 0.2) is 11.3 Å². The van der Waals surface area contributed by atoms with Crippen molar-refractivity contribution in [1.82, 2.24) is 5.01 Å². The first-order valence-electron chi connectivity index (χ1n) is 4.82. The van der Waals surface area contributed by atoms with Crippen LogP contribution in [-0.2, 0) is 4.79 Å². The van der Waals surface area contributed by atoms with E-state index in [2.05, 4.69) is 0 Å². The monoisotopic (exact) mass is 199 g/mol. The maximum atomic E-state index is 10.9. The highest BCUT2D eigenvalue weighted by molar-refractivity contribution is 5.87. The maximum absolute atomic E-state index is 10.9. The molecular formula is C9H17N3O2. The number of aliphatic carboxylic acids is 1. The van der Waals surface area contributed by atoms with Crippen molar-refractivity contribution in [1.29, 1.82) is 0 Å². The molecule has 0 radical (unpaired) electrons. The van der Waals surface area contributed by atoms with Gasteiger partial charge in [0.15, 0.2) is 0 Å². The van der Waals surface area contributed by atoms with Gasteiger partial charge < -0.3 is 15.8 Å². The SMILES string of the molecule is CC/C(C(=O)O)=C1\C(N)CCCN1N. The fourth-order valence-corrected chi connectivity index (χ4v) is 1.79. The lowest BCUT2D eigenvalue weighted by Crippen LogP contribution is -2.45. The van der Waals surface area contributed by atoms with Crippen LogP contribution in [0.3, 0.4) is 0 Å². The fourth-order valence-electron chi connectivity index (χ4n) is 1.79. The molecule has 1 heterocycles. The van der Waals surface area contributed by atoms with Gasteiger partial charge in [0, 0.05) is 12.6 Å². The second-order valence-corrected chi connectivity index (χ2v) is 3.46. The Morgan fingerprint density at radius 1 is 1.71 bits per heavy atom. The number of hydrogen-bond donors (Lipinski definition) is 3. The minimum atomic E-state index is -0.921. The summed E-state index contributed by atoms with van der Waals surface area (Å²) in [5.74, 6) is 4.79. The van der Waals surface area contributed by atoms with Gasteiger partial charge in [0.2, 0.25) is 0 Å². The largest absolute Gasteiger partial charge is 0.478 e. The number of hydrazine groups is 1. The molecule has 0 aromatic rings. The molecule has 0 saturated carbocycles. The van der Waals surface area contributed by atoms with Crippen LogP contribution in [0.5, 0.6) is 0 Å². The third-order valence-electron chi connectivity index (χ3n) is 2.50. The smallest absolute Gasteiger partial charge is 0.333 e. The molecule has 0 aliphatic carbocycles. The first-order chi connectivity index (χ1) is 6.57. The standard InChI is InChI=1S/C9H17N3O2/c1-2-6(9(13)14)8-7(10)4-3-5-12(8)11/h7H,2-5,10-11H2,1H3,(H,13,14)/b8-6-. The van der Waals surface area contributed by atoms with Gasteiger partial charge in [-0.25, -0.2) is 10.6 Å². The van der Waals surface area contributed by atoms with Crippen molar-refractivity contribution >= 4 is 5.97 Å². The average molecular weight is 199 g/mol. The first-order valence-corrected chi connectivity index (χ1v) is 4.82. The highest BCUT2D eigenvalue weighted by Gasteiger charge is 2.25. The van der Waals surface area contributed by atoms with Gasteiger partial charge in [-0.2, -0.15) is 0 Å². The van der Waals surface area contributed by atoms with Gasteiger partial charge in [-0.05, 0) is 19.3 Å². The normalized spacial score (nSPS) is 26.2. The zero-order chi connectivity index (χ0) is 10.7. The molecule has 1 unspecified atom stereocenters. The van der Waals surface area contributed by atoms with Gasteiger partial charge in [-0.15, -0.1) is 0 Å². The molecule has 5 nitrogen and oxygen atoms in total. The summed E-state index contributed by atoms with van der Waals surface area (Å²) in [5, 5.41) is 10.4. The molecule has 14 heavy (non-hydrogen) atoms. The molecule has 1 aliphatic heterocycles. The number of nitrogens with zero attached hydrogens (tertiary/aromatic N) is 1. The number of carboxylic acids is 1. The van der Waals surface area contributed by atoms with E-state index in [1.54, 1.807) is 6.92 Å². The summed E-state index contributed by atoms with van der Waals surface area (Å²) in [5.41, 5.74) is 6.76. The molecule has 1 saturated heterocycles. The van der Waals surface area contributed by atoms with Gasteiger partial charge in [0.05, 0.1) is 11.3 Å². The lowest BCUT2D eigenvalue weighted by Gasteiger charge is -2.33. The third kappa shape index (κ3) is 2.05. The van der Waals surface area contributed by atoms with Crippen molar-refractivity contribution in [2.75, 3.05) is 6.54 Å². The van der Waals surface area contributed by atoms with E-state index >= 15 is 0 Å². The molecule has 1 fully saturated rings. The number of piperidine rings is 1. The van der Waals surface area contributed by atoms with E-state index in [0.29, 0.717) is 24.2 Å². The topological polar surface area (TPSA) is 92.6 Å². The number of carboxylic acid groups (broad SMARTS) is 1. The second kappa shape index (κ2) is 4.43. The lowest BCUT2D eigenvalue weighted by molar-refractivity contribution is -0.133. The zero-order valence-electron chi connectivity index (χ0n) is 8.36. The van der Waals surface area contributed by atoms with E-state index in [9.17, 15) is 4.79 Å². The lowest BCUT2D eigenvalue weighted by atomic mass is 9.98. The Labute approximate surface area is 83.3 Å². The van der Waals surface area contributed by atoms with Gasteiger partial charge in [0.1, 0.15) is 0 Å². The predicted molar refractivity (Wildman–Crippen MR) is 53.1 cm³/mol. The Balaban J connectivity index is 3.04. The summed E-state index contributed by atoms with van der Waals surface area (Å²) in [7, 11) is 0. The quantitative estimate of drug-likeness (QED) is 0.431. The summed E-state index contributed by atoms with van der Waals surface area (Å²) < 4.78 is 0.